The molecule has 0 amide bonds. The van der Waals surface area contributed by atoms with Crippen LogP contribution >= 0.6 is 0 Å². The van der Waals surface area contributed by atoms with Gasteiger partial charge in [-0.1, -0.05) is 43.3 Å². The molecule has 22 heavy (non-hydrogen) atoms. The minimum absolute atomic E-state index is 0.0832. The molecule has 1 aliphatic carbocycles. The minimum atomic E-state index is 0.0832. The molecular weight excluding hydrogens is 270 g/mol. The van der Waals surface area contributed by atoms with Crippen molar-refractivity contribution in [1.82, 2.24) is 4.57 Å². The Labute approximate surface area is 130 Å². The molecule has 1 aromatic heterocycles. The zero-order chi connectivity index (χ0) is 15.2. The summed E-state index contributed by atoms with van der Waals surface area (Å²) in [6.45, 7) is 3.19. The van der Waals surface area contributed by atoms with E-state index in [0.29, 0.717) is 12.2 Å². The summed E-state index contributed by atoms with van der Waals surface area (Å²) in [6.07, 6.45) is 3.66. The van der Waals surface area contributed by atoms with Crippen LogP contribution in [0, 0.1) is 5.41 Å². The molecule has 1 aliphatic rings. The van der Waals surface area contributed by atoms with Gasteiger partial charge in [-0.2, -0.15) is 0 Å². The summed E-state index contributed by atoms with van der Waals surface area (Å²) < 4.78 is 2.42. The lowest BCUT2D eigenvalue weighted by Crippen LogP contribution is -2.30. The minimum Gasteiger partial charge on any atom is -0.340 e. The lowest BCUT2D eigenvalue weighted by atomic mass is 9.75. The van der Waals surface area contributed by atoms with Crippen molar-refractivity contribution in [2.24, 2.45) is 5.41 Å². The van der Waals surface area contributed by atoms with Crippen molar-refractivity contribution in [2.75, 3.05) is 0 Å². The van der Waals surface area contributed by atoms with E-state index in [0.717, 1.165) is 25.8 Å². The van der Waals surface area contributed by atoms with E-state index in [9.17, 15) is 4.79 Å². The topological polar surface area (TPSA) is 22.0 Å². The SMILES string of the molecule is C[C@]1(Cn2c3ccccc3c3ccccc32)CCCC(=O)C1. The number of carbonyl (C=O) groups excluding carboxylic acids is 1. The molecule has 0 radical (unpaired) electrons. The average Bonchev–Trinajstić information content (AvgIpc) is 2.82. The number of ketones is 1. The summed E-state index contributed by atoms with van der Waals surface area (Å²) in [7, 11) is 0. The maximum Gasteiger partial charge on any atom is 0.133 e. The molecule has 0 bridgehead atoms. The predicted molar refractivity (Wildman–Crippen MR) is 91.0 cm³/mol. The van der Waals surface area contributed by atoms with Crippen LogP contribution in [0.15, 0.2) is 48.5 Å². The third kappa shape index (κ3) is 2.14. The number of benzene rings is 2. The van der Waals surface area contributed by atoms with Crippen molar-refractivity contribution in [3.63, 3.8) is 0 Å². The molecule has 0 unspecified atom stereocenters. The number of carbonyl (C=O) groups is 1. The second kappa shape index (κ2) is 4.98. The zero-order valence-corrected chi connectivity index (χ0v) is 13.0. The van der Waals surface area contributed by atoms with E-state index in [-0.39, 0.29) is 5.41 Å². The standard InChI is InChI=1S/C20H21NO/c1-20(12-6-7-15(22)13-20)14-21-18-10-4-2-8-16(18)17-9-3-5-11-19(17)21/h2-5,8-11H,6-7,12-14H2,1H3/t20-/m0/s1. The third-order valence-corrected chi connectivity index (χ3v) is 5.08. The van der Waals surface area contributed by atoms with Gasteiger partial charge in [-0.15, -0.1) is 0 Å². The molecule has 0 aliphatic heterocycles. The van der Waals surface area contributed by atoms with E-state index in [1.165, 1.54) is 21.8 Å². The number of aromatic nitrogens is 1. The van der Waals surface area contributed by atoms with Crippen LogP contribution in [0.4, 0.5) is 0 Å². The molecule has 112 valence electrons. The van der Waals surface area contributed by atoms with E-state index < -0.39 is 0 Å². The Balaban J connectivity index is 1.88. The molecule has 3 aromatic rings. The lowest BCUT2D eigenvalue weighted by Gasteiger charge is -2.33. The molecule has 0 spiro atoms. The van der Waals surface area contributed by atoms with Crippen molar-refractivity contribution in [1.29, 1.82) is 0 Å². The van der Waals surface area contributed by atoms with Gasteiger partial charge in [-0.3, -0.25) is 4.79 Å². The van der Waals surface area contributed by atoms with Gasteiger partial charge in [0, 0.05) is 41.2 Å². The second-order valence-corrected chi connectivity index (χ2v) is 7.00. The van der Waals surface area contributed by atoms with Crippen molar-refractivity contribution in [3.8, 4) is 0 Å². The lowest BCUT2D eigenvalue weighted by molar-refractivity contribution is -0.123. The van der Waals surface area contributed by atoms with Gasteiger partial charge in [-0.05, 0) is 30.4 Å². The first-order valence-corrected chi connectivity index (χ1v) is 8.14. The molecule has 0 N–H and O–H groups in total. The van der Waals surface area contributed by atoms with Crippen LogP contribution in [0.1, 0.15) is 32.6 Å². The fraction of sp³-hybridized carbons (Fsp3) is 0.350. The number of rotatable bonds is 2. The van der Waals surface area contributed by atoms with Crippen molar-refractivity contribution >= 4 is 27.6 Å². The molecule has 1 atom stereocenters. The average molecular weight is 291 g/mol. The molecule has 2 aromatic carbocycles. The van der Waals surface area contributed by atoms with Crippen LogP contribution in [0.3, 0.4) is 0 Å². The molecule has 1 saturated carbocycles. The smallest absolute Gasteiger partial charge is 0.133 e. The first kappa shape index (κ1) is 13.6. The quantitative estimate of drug-likeness (QED) is 0.655. The summed E-state index contributed by atoms with van der Waals surface area (Å²) in [5.41, 5.74) is 2.64. The van der Waals surface area contributed by atoms with E-state index >= 15 is 0 Å². The van der Waals surface area contributed by atoms with Gasteiger partial charge in [0.2, 0.25) is 0 Å². The normalized spacial score (nSPS) is 22.5. The maximum absolute atomic E-state index is 11.9. The monoisotopic (exact) mass is 291 g/mol. The van der Waals surface area contributed by atoms with Crippen LogP contribution in [-0.2, 0) is 11.3 Å². The summed E-state index contributed by atoms with van der Waals surface area (Å²) in [6, 6.07) is 17.2. The van der Waals surface area contributed by atoms with Crippen molar-refractivity contribution in [2.45, 2.75) is 39.2 Å². The highest BCUT2D eigenvalue weighted by molar-refractivity contribution is 6.07. The van der Waals surface area contributed by atoms with Crippen LogP contribution in [0.2, 0.25) is 0 Å². The van der Waals surface area contributed by atoms with E-state index in [1.807, 2.05) is 0 Å². The number of para-hydroxylation sites is 2. The van der Waals surface area contributed by atoms with Gasteiger partial charge < -0.3 is 4.57 Å². The van der Waals surface area contributed by atoms with Gasteiger partial charge in [0.25, 0.3) is 0 Å². The molecule has 1 fully saturated rings. The number of hydrogen-bond acceptors (Lipinski definition) is 1. The predicted octanol–water partition coefficient (Wildman–Crippen LogP) is 4.94. The highest BCUT2D eigenvalue weighted by Gasteiger charge is 2.32. The fourth-order valence-electron chi connectivity index (χ4n) is 4.06. The Bertz CT molecular complexity index is 807. The zero-order valence-electron chi connectivity index (χ0n) is 13.0. The maximum atomic E-state index is 11.9. The van der Waals surface area contributed by atoms with Gasteiger partial charge in [0.15, 0.2) is 0 Å². The Morgan fingerprint density at radius 1 is 1.00 bits per heavy atom. The Morgan fingerprint density at radius 2 is 1.59 bits per heavy atom. The molecule has 2 nitrogen and oxygen atoms in total. The number of nitrogens with zero attached hydrogens (tertiary/aromatic N) is 1. The van der Waals surface area contributed by atoms with Crippen LogP contribution in [0.25, 0.3) is 21.8 Å². The van der Waals surface area contributed by atoms with E-state index in [2.05, 4.69) is 60.0 Å². The van der Waals surface area contributed by atoms with E-state index in [4.69, 9.17) is 0 Å². The Hall–Kier alpha value is -2.09. The van der Waals surface area contributed by atoms with Gasteiger partial charge in [-0.25, -0.2) is 0 Å². The number of fused-ring (bicyclic) bond motifs is 3. The van der Waals surface area contributed by atoms with Crippen molar-refractivity contribution < 1.29 is 4.79 Å². The molecule has 0 saturated heterocycles. The first-order valence-electron chi connectivity index (χ1n) is 8.14. The molecular formula is C20H21NO. The fourth-order valence-corrected chi connectivity index (χ4v) is 4.06. The molecule has 4 rings (SSSR count). The van der Waals surface area contributed by atoms with Crippen molar-refractivity contribution in [3.05, 3.63) is 48.5 Å². The molecule has 1 heterocycles. The van der Waals surface area contributed by atoms with E-state index in [1.54, 1.807) is 0 Å². The number of Topliss-reactive ketones (excluding diaryl/α,β-unsaturated/α-hetero) is 1. The second-order valence-electron chi connectivity index (χ2n) is 7.00. The summed E-state index contributed by atoms with van der Waals surface area (Å²) in [5.74, 6) is 0.425. The summed E-state index contributed by atoms with van der Waals surface area (Å²) in [4.78, 5) is 11.9. The number of hydrogen-bond donors (Lipinski definition) is 0. The van der Waals surface area contributed by atoms with Crippen LogP contribution in [-0.4, -0.2) is 10.4 Å². The summed E-state index contributed by atoms with van der Waals surface area (Å²) >= 11 is 0. The Kier molecular flexibility index (Phi) is 3.07. The Morgan fingerprint density at radius 3 is 2.18 bits per heavy atom. The van der Waals surface area contributed by atoms with Crippen LogP contribution in [0.5, 0.6) is 0 Å². The van der Waals surface area contributed by atoms with Gasteiger partial charge >= 0.3 is 0 Å². The van der Waals surface area contributed by atoms with Crippen LogP contribution < -0.4 is 0 Å². The third-order valence-electron chi connectivity index (χ3n) is 5.08. The molecule has 2 heteroatoms. The van der Waals surface area contributed by atoms with Gasteiger partial charge in [0.1, 0.15) is 5.78 Å². The highest BCUT2D eigenvalue weighted by atomic mass is 16.1. The first-order chi connectivity index (χ1) is 10.7. The highest BCUT2D eigenvalue weighted by Crippen LogP contribution is 2.38. The van der Waals surface area contributed by atoms with Gasteiger partial charge in [0.05, 0.1) is 0 Å². The largest absolute Gasteiger partial charge is 0.340 e. The summed E-state index contributed by atoms with van der Waals surface area (Å²) in [5, 5.41) is 2.62.